The molecule has 110 valence electrons. The van der Waals surface area contributed by atoms with Crippen LogP contribution < -0.4 is 15.4 Å². The number of aryl methyl sites for hydroxylation is 1. The van der Waals surface area contributed by atoms with Gasteiger partial charge in [-0.25, -0.2) is 0 Å². The quantitative estimate of drug-likeness (QED) is 0.875. The molecule has 2 rings (SSSR count). The van der Waals surface area contributed by atoms with Crippen molar-refractivity contribution < 1.29 is 9.53 Å². The van der Waals surface area contributed by atoms with Gasteiger partial charge in [0, 0.05) is 22.8 Å². The molecule has 0 saturated heterocycles. The third kappa shape index (κ3) is 3.55. The van der Waals surface area contributed by atoms with E-state index in [0.717, 1.165) is 15.7 Å². The second kappa shape index (κ2) is 6.63. The van der Waals surface area contributed by atoms with Crippen LogP contribution in [-0.4, -0.2) is 20.1 Å². The summed E-state index contributed by atoms with van der Waals surface area (Å²) in [5.41, 5.74) is 3.15. The van der Waals surface area contributed by atoms with Gasteiger partial charge in [0.05, 0.1) is 12.8 Å². The van der Waals surface area contributed by atoms with E-state index in [1.807, 2.05) is 38.2 Å². The lowest BCUT2D eigenvalue weighted by Gasteiger charge is -2.12. The van der Waals surface area contributed by atoms with Crippen molar-refractivity contribution in [3.05, 3.63) is 52.0 Å². The van der Waals surface area contributed by atoms with Gasteiger partial charge in [-0.1, -0.05) is 15.9 Å². The first kappa shape index (κ1) is 15.4. The highest BCUT2D eigenvalue weighted by Gasteiger charge is 2.12. The molecule has 1 amide bonds. The molecule has 0 atom stereocenters. The molecule has 0 aliphatic rings. The van der Waals surface area contributed by atoms with Gasteiger partial charge in [0.25, 0.3) is 5.91 Å². The number of ether oxygens (including phenoxy) is 1. The van der Waals surface area contributed by atoms with Crippen molar-refractivity contribution in [3.8, 4) is 5.75 Å². The number of anilines is 2. The van der Waals surface area contributed by atoms with Gasteiger partial charge >= 0.3 is 0 Å². The summed E-state index contributed by atoms with van der Waals surface area (Å²) in [5.74, 6) is 0.461. The first-order valence-corrected chi connectivity index (χ1v) is 7.27. The minimum atomic E-state index is -0.161. The molecule has 0 saturated carbocycles. The number of methoxy groups -OCH3 is 1. The van der Waals surface area contributed by atoms with Crippen LogP contribution in [0.2, 0.25) is 0 Å². The summed E-state index contributed by atoms with van der Waals surface area (Å²) in [6.07, 6.45) is 0. The normalized spacial score (nSPS) is 10.1. The zero-order chi connectivity index (χ0) is 15.4. The van der Waals surface area contributed by atoms with Gasteiger partial charge in [0.1, 0.15) is 5.75 Å². The monoisotopic (exact) mass is 348 g/mol. The Morgan fingerprint density at radius 1 is 1.19 bits per heavy atom. The molecular formula is C16H17BrN2O2. The zero-order valence-corrected chi connectivity index (χ0v) is 13.7. The molecule has 2 N–H and O–H groups in total. The van der Waals surface area contributed by atoms with E-state index in [1.165, 1.54) is 0 Å². The van der Waals surface area contributed by atoms with Crippen LogP contribution in [0.4, 0.5) is 11.4 Å². The molecule has 21 heavy (non-hydrogen) atoms. The average molecular weight is 349 g/mol. The Morgan fingerprint density at radius 2 is 1.95 bits per heavy atom. The molecule has 0 aliphatic carbocycles. The minimum absolute atomic E-state index is 0.161. The van der Waals surface area contributed by atoms with E-state index in [4.69, 9.17) is 4.74 Å². The van der Waals surface area contributed by atoms with Crippen molar-refractivity contribution in [2.45, 2.75) is 6.92 Å². The Bertz CT molecular complexity index is 671. The van der Waals surface area contributed by atoms with E-state index in [1.54, 1.807) is 19.2 Å². The number of carbonyl (C=O) groups excluding carboxylic acids is 1. The van der Waals surface area contributed by atoms with E-state index in [-0.39, 0.29) is 5.91 Å². The highest BCUT2D eigenvalue weighted by molar-refractivity contribution is 9.10. The minimum Gasteiger partial charge on any atom is -0.495 e. The van der Waals surface area contributed by atoms with Crippen molar-refractivity contribution in [3.63, 3.8) is 0 Å². The van der Waals surface area contributed by atoms with Crippen LogP contribution >= 0.6 is 15.9 Å². The Labute approximate surface area is 132 Å². The van der Waals surface area contributed by atoms with Crippen LogP contribution in [-0.2, 0) is 0 Å². The van der Waals surface area contributed by atoms with E-state index in [9.17, 15) is 4.79 Å². The Hall–Kier alpha value is -2.01. The first-order chi connectivity index (χ1) is 10.0. The summed E-state index contributed by atoms with van der Waals surface area (Å²) in [6, 6.07) is 11.1. The maximum absolute atomic E-state index is 12.4. The number of halogens is 1. The van der Waals surface area contributed by atoms with Crippen LogP contribution in [0.15, 0.2) is 40.9 Å². The number of nitrogens with one attached hydrogen (secondary N) is 2. The number of benzene rings is 2. The molecule has 0 spiro atoms. The lowest BCUT2D eigenvalue weighted by Crippen LogP contribution is -2.14. The van der Waals surface area contributed by atoms with E-state index in [0.29, 0.717) is 17.0 Å². The van der Waals surface area contributed by atoms with Crippen LogP contribution in [0.3, 0.4) is 0 Å². The van der Waals surface area contributed by atoms with Crippen molar-refractivity contribution in [2.24, 2.45) is 0 Å². The van der Waals surface area contributed by atoms with Crippen molar-refractivity contribution >= 4 is 33.2 Å². The average Bonchev–Trinajstić information content (AvgIpc) is 2.47. The van der Waals surface area contributed by atoms with Crippen LogP contribution in [0.5, 0.6) is 5.75 Å². The summed E-state index contributed by atoms with van der Waals surface area (Å²) in [6.45, 7) is 1.91. The largest absolute Gasteiger partial charge is 0.495 e. The van der Waals surface area contributed by atoms with Gasteiger partial charge in [0.15, 0.2) is 0 Å². The molecule has 5 heteroatoms. The standard InChI is InChI=1S/C16H17BrN2O2/c1-10-8-12(18-2)5-6-13(10)16(20)19-14-9-11(17)4-7-15(14)21-3/h4-9,18H,1-3H3,(H,19,20). The number of rotatable bonds is 4. The molecule has 4 nitrogen and oxygen atoms in total. The molecule has 0 radical (unpaired) electrons. The third-order valence-corrected chi connectivity index (χ3v) is 3.66. The Balaban J connectivity index is 2.28. The number of amides is 1. The van der Waals surface area contributed by atoms with Crippen molar-refractivity contribution in [2.75, 3.05) is 24.8 Å². The molecule has 0 fully saturated rings. The number of hydrogen-bond acceptors (Lipinski definition) is 3. The molecule has 0 aliphatic heterocycles. The highest BCUT2D eigenvalue weighted by Crippen LogP contribution is 2.28. The van der Waals surface area contributed by atoms with Gasteiger partial charge in [-0.3, -0.25) is 4.79 Å². The number of carbonyl (C=O) groups is 1. The second-order valence-electron chi connectivity index (χ2n) is 4.58. The van der Waals surface area contributed by atoms with Gasteiger partial charge in [-0.05, 0) is 48.9 Å². The second-order valence-corrected chi connectivity index (χ2v) is 5.49. The van der Waals surface area contributed by atoms with Gasteiger partial charge < -0.3 is 15.4 Å². The smallest absolute Gasteiger partial charge is 0.256 e. The summed E-state index contributed by atoms with van der Waals surface area (Å²) in [5, 5.41) is 5.93. The zero-order valence-electron chi connectivity index (χ0n) is 12.2. The molecule has 0 aromatic heterocycles. The fourth-order valence-electron chi connectivity index (χ4n) is 2.04. The summed E-state index contributed by atoms with van der Waals surface area (Å²) in [7, 11) is 3.42. The molecule has 0 bridgehead atoms. The SMILES string of the molecule is CNc1ccc(C(=O)Nc2cc(Br)ccc2OC)c(C)c1. The van der Waals surface area contributed by atoms with Crippen molar-refractivity contribution in [1.29, 1.82) is 0 Å². The van der Waals surface area contributed by atoms with E-state index in [2.05, 4.69) is 26.6 Å². The van der Waals surface area contributed by atoms with E-state index < -0.39 is 0 Å². The lowest BCUT2D eigenvalue weighted by atomic mass is 10.1. The summed E-state index contributed by atoms with van der Waals surface area (Å²) >= 11 is 3.39. The lowest BCUT2D eigenvalue weighted by molar-refractivity contribution is 0.102. The predicted molar refractivity (Wildman–Crippen MR) is 89.4 cm³/mol. The van der Waals surface area contributed by atoms with Gasteiger partial charge in [-0.2, -0.15) is 0 Å². The highest BCUT2D eigenvalue weighted by atomic mass is 79.9. The topological polar surface area (TPSA) is 50.4 Å². The molecule has 2 aromatic carbocycles. The number of hydrogen-bond donors (Lipinski definition) is 2. The van der Waals surface area contributed by atoms with Crippen LogP contribution in [0.1, 0.15) is 15.9 Å². The Kier molecular flexibility index (Phi) is 4.85. The van der Waals surface area contributed by atoms with Gasteiger partial charge in [0.2, 0.25) is 0 Å². The predicted octanol–water partition coefficient (Wildman–Crippen LogP) is 4.06. The molecule has 0 heterocycles. The maximum atomic E-state index is 12.4. The maximum Gasteiger partial charge on any atom is 0.256 e. The molecular weight excluding hydrogens is 332 g/mol. The molecule has 0 unspecified atom stereocenters. The van der Waals surface area contributed by atoms with Crippen LogP contribution in [0.25, 0.3) is 0 Å². The molecule has 2 aromatic rings. The van der Waals surface area contributed by atoms with E-state index >= 15 is 0 Å². The van der Waals surface area contributed by atoms with Crippen LogP contribution in [0, 0.1) is 6.92 Å². The van der Waals surface area contributed by atoms with Gasteiger partial charge in [-0.15, -0.1) is 0 Å². The fourth-order valence-corrected chi connectivity index (χ4v) is 2.40. The first-order valence-electron chi connectivity index (χ1n) is 6.48. The summed E-state index contributed by atoms with van der Waals surface area (Å²) in [4.78, 5) is 12.4. The fraction of sp³-hybridized carbons (Fsp3) is 0.188. The Morgan fingerprint density at radius 3 is 2.57 bits per heavy atom. The summed E-state index contributed by atoms with van der Waals surface area (Å²) < 4.78 is 6.13. The van der Waals surface area contributed by atoms with Crippen molar-refractivity contribution in [1.82, 2.24) is 0 Å². The third-order valence-electron chi connectivity index (χ3n) is 3.17.